The van der Waals surface area contributed by atoms with Crippen molar-refractivity contribution >= 4 is 24.6 Å². The Balaban J connectivity index is 2.36. The van der Waals surface area contributed by atoms with Gasteiger partial charge in [0.25, 0.3) is 0 Å². The number of nitrogens with one attached hydrogen (secondary N) is 2. The smallest absolute Gasteiger partial charge is 0.407 e. The zero-order chi connectivity index (χ0) is 15.8. The van der Waals surface area contributed by atoms with Gasteiger partial charge in [-0.1, -0.05) is 13.8 Å². The number of hydrogen-bond acceptors (Lipinski definition) is 5. The molecule has 1 fully saturated rings. The van der Waals surface area contributed by atoms with Crippen LogP contribution in [-0.4, -0.2) is 61.5 Å². The van der Waals surface area contributed by atoms with E-state index in [0.717, 1.165) is 25.9 Å². The van der Waals surface area contributed by atoms with Crippen LogP contribution in [0.15, 0.2) is 0 Å². The number of hydrogen-bond donors (Lipinski definition) is 3. The molecule has 0 aliphatic carbocycles. The number of rotatable bonds is 6. The molecular weight excluding hydrogens is 290 g/mol. The Bertz CT molecular complexity index is 344. The van der Waals surface area contributed by atoms with Gasteiger partial charge in [-0.15, -0.1) is 0 Å². The summed E-state index contributed by atoms with van der Waals surface area (Å²) in [6.07, 6.45) is 1.29. The highest BCUT2D eigenvalue weighted by molar-refractivity contribution is 7.80. The van der Waals surface area contributed by atoms with E-state index in [0.29, 0.717) is 6.61 Å². The molecule has 1 heterocycles. The molecule has 0 saturated carbocycles. The van der Waals surface area contributed by atoms with Crippen molar-refractivity contribution in [1.29, 1.82) is 0 Å². The van der Waals surface area contributed by atoms with Crippen molar-refractivity contribution < 1.29 is 14.3 Å². The van der Waals surface area contributed by atoms with E-state index in [1.165, 1.54) is 0 Å². The molecule has 122 valence electrons. The maximum Gasteiger partial charge on any atom is 0.407 e. The number of nitrogens with zero attached hydrogens (tertiary/aromatic N) is 1. The van der Waals surface area contributed by atoms with Gasteiger partial charge in [0.05, 0.1) is 6.61 Å². The van der Waals surface area contributed by atoms with Gasteiger partial charge in [0, 0.05) is 11.8 Å². The highest BCUT2D eigenvalue weighted by Crippen LogP contribution is 2.08. The Morgan fingerprint density at radius 1 is 1.33 bits per heavy atom. The van der Waals surface area contributed by atoms with Crippen LogP contribution in [0.3, 0.4) is 0 Å². The van der Waals surface area contributed by atoms with Crippen LogP contribution in [0.25, 0.3) is 0 Å². The molecule has 0 aromatic heterocycles. The summed E-state index contributed by atoms with van der Waals surface area (Å²) < 4.78 is 5.02. The van der Waals surface area contributed by atoms with Crippen LogP contribution in [-0.2, 0) is 9.53 Å². The van der Waals surface area contributed by atoms with Crippen molar-refractivity contribution in [1.82, 2.24) is 15.5 Å². The molecule has 0 unspecified atom stereocenters. The van der Waals surface area contributed by atoms with Crippen molar-refractivity contribution in [3.8, 4) is 0 Å². The van der Waals surface area contributed by atoms with Crippen molar-refractivity contribution in [2.24, 2.45) is 5.92 Å². The van der Waals surface area contributed by atoms with Gasteiger partial charge in [-0.05, 0) is 38.9 Å². The number of carbonyl (C=O) groups excluding carboxylic acids is 2. The summed E-state index contributed by atoms with van der Waals surface area (Å²) in [6.45, 7) is 6.19. The third-order valence-electron chi connectivity index (χ3n) is 3.40. The second-order valence-electron chi connectivity index (χ2n) is 5.96. The van der Waals surface area contributed by atoms with Crippen LogP contribution in [0, 0.1) is 5.92 Å². The lowest BCUT2D eigenvalue weighted by molar-refractivity contribution is -0.123. The zero-order valence-electron chi connectivity index (χ0n) is 13.1. The maximum absolute atomic E-state index is 12.2. The van der Waals surface area contributed by atoms with E-state index in [-0.39, 0.29) is 23.6 Å². The van der Waals surface area contributed by atoms with Gasteiger partial charge in [-0.25, -0.2) is 4.79 Å². The first kappa shape index (κ1) is 18.1. The average molecular weight is 317 g/mol. The number of piperidine rings is 1. The van der Waals surface area contributed by atoms with E-state index >= 15 is 0 Å². The third kappa shape index (κ3) is 7.04. The van der Waals surface area contributed by atoms with Gasteiger partial charge in [-0.2, -0.15) is 12.6 Å². The van der Waals surface area contributed by atoms with Crippen molar-refractivity contribution in [3.63, 3.8) is 0 Å². The fourth-order valence-corrected chi connectivity index (χ4v) is 2.33. The fraction of sp³-hybridized carbons (Fsp3) is 0.857. The van der Waals surface area contributed by atoms with Gasteiger partial charge < -0.3 is 20.3 Å². The third-order valence-corrected chi connectivity index (χ3v) is 3.77. The number of alkyl carbamates (subject to hydrolysis) is 1. The first-order valence-corrected chi connectivity index (χ1v) is 8.08. The van der Waals surface area contributed by atoms with E-state index in [4.69, 9.17) is 4.74 Å². The Labute approximate surface area is 132 Å². The van der Waals surface area contributed by atoms with Crippen molar-refractivity contribution in [2.45, 2.75) is 38.8 Å². The Hall–Kier alpha value is -0.950. The van der Waals surface area contributed by atoms with Gasteiger partial charge in [0.1, 0.15) is 6.04 Å². The monoisotopic (exact) mass is 317 g/mol. The van der Waals surface area contributed by atoms with Crippen LogP contribution >= 0.6 is 12.6 Å². The summed E-state index contributed by atoms with van der Waals surface area (Å²) in [7, 11) is 2.07. The summed E-state index contributed by atoms with van der Waals surface area (Å²) in [6, 6.07) is -0.489. The van der Waals surface area contributed by atoms with Crippen LogP contribution in [0.5, 0.6) is 0 Å². The molecule has 1 atom stereocenters. The second-order valence-corrected chi connectivity index (χ2v) is 6.32. The lowest BCUT2D eigenvalue weighted by atomic mass is 10.1. The second kappa shape index (κ2) is 9.15. The zero-order valence-corrected chi connectivity index (χ0v) is 14.0. The molecule has 0 aromatic carbocycles. The number of thiol groups is 1. The minimum Gasteiger partial charge on any atom is -0.449 e. The van der Waals surface area contributed by atoms with Gasteiger partial charge in [-0.3, -0.25) is 4.79 Å². The molecule has 21 heavy (non-hydrogen) atoms. The SMILES string of the molecule is CC(C)COC(=O)N[C@H](CS)C(=O)NC1CCN(C)CC1. The molecule has 1 aliphatic rings. The largest absolute Gasteiger partial charge is 0.449 e. The van der Waals surface area contributed by atoms with Crippen LogP contribution in [0.4, 0.5) is 4.79 Å². The van der Waals surface area contributed by atoms with Crippen molar-refractivity contribution in [2.75, 3.05) is 32.5 Å². The highest BCUT2D eigenvalue weighted by atomic mass is 32.1. The van der Waals surface area contributed by atoms with E-state index in [1.807, 2.05) is 13.8 Å². The molecular formula is C14H27N3O3S. The molecule has 0 radical (unpaired) electrons. The predicted octanol–water partition coefficient (Wildman–Crippen LogP) is 0.877. The fourth-order valence-electron chi connectivity index (χ4n) is 2.08. The molecule has 2 N–H and O–H groups in total. The van der Waals surface area contributed by atoms with E-state index in [9.17, 15) is 9.59 Å². The minimum atomic E-state index is -0.660. The molecule has 1 saturated heterocycles. The minimum absolute atomic E-state index is 0.171. The quantitative estimate of drug-likeness (QED) is 0.636. The standard InChI is InChI=1S/C14H27N3O3S/c1-10(2)8-20-14(19)16-12(9-21)13(18)15-11-4-6-17(3)7-5-11/h10-12,21H,4-9H2,1-3H3,(H,15,18)(H,16,19)/t12-/m1/s1. The topological polar surface area (TPSA) is 70.7 Å². The Kier molecular flexibility index (Phi) is 7.88. The number of carbonyl (C=O) groups is 2. The van der Waals surface area contributed by atoms with E-state index in [2.05, 4.69) is 35.2 Å². The predicted molar refractivity (Wildman–Crippen MR) is 85.6 cm³/mol. The summed E-state index contributed by atoms with van der Waals surface area (Å²) in [5, 5.41) is 5.54. The molecule has 1 aliphatic heterocycles. The number of amides is 2. The van der Waals surface area contributed by atoms with Crippen LogP contribution in [0.1, 0.15) is 26.7 Å². The summed E-state index contributed by atoms with van der Waals surface area (Å²) in [5.74, 6) is 0.314. The van der Waals surface area contributed by atoms with Crippen molar-refractivity contribution in [3.05, 3.63) is 0 Å². The normalized spacial score (nSPS) is 18.3. The molecule has 2 amide bonds. The highest BCUT2D eigenvalue weighted by Gasteiger charge is 2.24. The Morgan fingerprint density at radius 3 is 2.48 bits per heavy atom. The summed E-state index contributed by atoms with van der Waals surface area (Å²) >= 11 is 4.13. The molecule has 6 nitrogen and oxygen atoms in total. The average Bonchev–Trinajstić information content (AvgIpc) is 2.44. The lowest BCUT2D eigenvalue weighted by Crippen LogP contribution is -2.52. The van der Waals surface area contributed by atoms with Gasteiger partial charge in [0.2, 0.25) is 5.91 Å². The summed E-state index contributed by atoms with van der Waals surface area (Å²) in [4.78, 5) is 26.0. The first-order chi connectivity index (χ1) is 9.92. The maximum atomic E-state index is 12.2. The number of likely N-dealkylation sites (tertiary alicyclic amines) is 1. The Morgan fingerprint density at radius 2 is 1.95 bits per heavy atom. The van der Waals surface area contributed by atoms with Crippen LogP contribution in [0.2, 0.25) is 0 Å². The molecule has 7 heteroatoms. The summed E-state index contributed by atoms with van der Waals surface area (Å²) in [5.41, 5.74) is 0. The van der Waals surface area contributed by atoms with Crippen LogP contribution < -0.4 is 10.6 Å². The molecule has 0 spiro atoms. The van der Waals surface area contributed by atoms with E-state index in [1.54, 1.807) is 0 Å². The first-order valence-electron chi connectivity index (χ1n) is 7.45. The van der Waals surface area contributed by atoms with Gasteiger partial charge >= 0.3 is 6.09 Å². The van der Waals surface area contributed by atoms with Gasteiger partial charge in [0.15, 0.2) is 0 Å². The number of ether oxygens (including phenoxy) is 1. The molecule has 0 bridgehead atoms. The lowest BCUT2D eigenvalue weighted by Gasteiger charge is -2.30. The molecule has 0 aromatic rings. The molecule has 1 rings (SSSR count). The van der Waals surface area contributed by atoms with E-state index < -0.39 is 12.1 Å².